The molecule has 0 aliphatic rings. The van der Waals surface area contributed by atoms with Crippen LogP contribution in [0.4, 0.5) is 0 Å². The van der Waals surface area contributed by atoms with E-state index in [0.29, 0.717) is 18.0 Å². The molecule has 0 fully saturated rings. The molecule has 1 heterocycles. The van der Waals surface area contributed by atoms with E-state index in [-0.39, 0.29) is 30.4 Å². The summed E-state index contributed by atoms with van der Waals surface area (Å²) in [6, 6.07) is 5.71. The molecule has 1 aromatic heterocycles. The van der Waals surface area contributed by atoms with Crippen molar-refractivity contribution in [3.8, 4) is 6.07 Å². The van der Waals surface area contributed by atoms with Crippen LogP contribution in [-0.2, 0) is 4.79 Å². The fourth-order valence-electron chi connectivity index (χ4n) is 1.72. The molecule has 1 atom stereocenters. The number of thiophene rings is 1. The zero-order valence-corrected chi connectivity index (χ0v) is 12.1. The lowest BCUT2D eigenvalue weighted by molar-refractivity contribution is -0.131. The third kappa shape index (κ3) is 4.84. The van der Waals surface area contributed by atoms with Crippen molar-refractivity contribution in [2.75, 3.05) is 13.1 Å². The molecular weight excluding hydrogens is 260 g/mol. The summed E-state index contributed by atoms with van der Waals surface area (Å²) in [7, 11) is 0. The molecule has 1 unspecified atom stereocenters. The van der Waals surface area contributed by atoms with Crippen LogP contribution in [0.25, 0.3) is 0 Å². The molecule has 0 saturated heterocycles. The maximum Gasteiger partial charge on any atom is 0.223 e. The van der Waals surface area contributed by atoms with Crippen molar-refractivity contribution in [1.29, 1.82) is 5.26 Å². The average Bonchev–Trinajstić information content (AvgIpc) is 2.95. The maximum absolute atomic E-state index is 12.0. The number of ketones is 1. The molecule has 0 aromatic carbocycles. The summed E-state index contributed by atoms with van der Waals surface area (Å²) in [5, 5.41) is 10.6. The summed E-state index contributed by atoms with van der Waals surface area (Å²) in [4.78, 5) is 26.1. The van der Waals surface area contributed by atoms with E-state index < -0.39 is 0 Å². The van der Waals surface area contributed by atoms with Crippen molar-refractivity contribution in [2.45, 2.75) is 26.7 Å². The molecular formula is C14H18N2O2S. The van der Waals surface area contributed by atoms with Gasteiger partial charge in [-0.15, -0.1) is 11.3 Å². The smallest absolute Gasteiger partial charge is 0.223 e. The highest BCUT2D eigenvalue weighted by Crippen LogP contribution is 2.13. The highest BCUT2D eigenvalue weighted by atomic mass is 32.1. The quantitative estimate of drug-likeness (QED) is 0.720. The molecule has 1 aromatic rings. The Hall–Kier alpha value is -1.67. The molecule has 0 saturated carbocycles. The summed E-state index contributed by atoms with van der Waals surface area (Å²) < 4.78 is 0. The third-order valence-electron chi connectivity index (χ3n) is 2.81. The lowest BCUT2D eigenvalue weighted by Gasteiger charge is -2.21. The van der Waals surface area contributed by atoms with Gasteiger partial charge in [-0.1, -0.05) is 6.07 Å². The fraction of sp³-hybridized carbons (Fsp3) is 0.500. The number of rotatable bonds is 7. The predicted octanol–water partition coefficient (Wildman–Crippen LogP) is 2.72. The van der Waals surface area contributed by atoms with Gasteiger partial charge in [0.05, 0.1) is 16.9 Å². The van der Waals surface area contributed by atoms with Crippen molar-refractivity contribution in [2.24, 2.45) is 5.92 Å². The monoisotopic (exact) mass is 278 g/mol. The van der Waals surface area contributed by atoms with Gasteiger partial charge in [-0.05, 0) is 25.3 Å². The molecule has 102 valence electrons. The topological polar surface area (TPSA) is 61.2 Å². The normalized spacial score (nSPS) is 11.6. The van der Waals surface area contributed by atoms with E-state index in [4.69, 9.17) is 5.26 Å². The van der Waals surface area contributed by atoms with Gasteiger partial charge in [-0.2, -0.15) is 5.26 Å². The highest BCUT2D eigenvalue weighted by molar-refractivity contribution is 7.12. The first-order valence-electron chi connectivity index (χ1n) is 6.32. The Kier molecular flexibility index (Phi) is 6.23. The van der Waals surface area contributed by atoms with Crippen LogP contribution >= 0.6 is 11.3 Å². The van der Waals surface area contributed by atoms with Crippen LogP contribution in [0.5, 0.6) is 0 Å². The van der Waals surface area contributed by atoms with E-state index in [9.17, 15) is 9.59 Å². The second-order valence-corrected chi connectivity index (χ2v) is 5.31. The number of nitriles is 1. The van der Waals surface area contributed by atoms with E-state index in [1.165, 1.54) is 11.3 Å². The molecule has 0 N–H and O–H groups in total. The molecule has 4 nitrogen and oxygen atoms in total. The summed E-state index contributed by atoms with van der Waals surface area (Å²) in [5.74, 6) is -0.237. The van der Waals surface area contributed by atoms with Crippen molar-refractivity contribution < 1.29 is 9.59 Å². The number of carbonyl (C=O) groups excluding carboxylic acids is 2. The lowest BCUT2D eigenvalue weighted by Crippen LogP contribution is -2.34. The van der Waals surface area contributed by atoms with Crippen molar-refractivity contribution in [3.05, 3.63) is 22.4 Å². The predicted molar refractivity (Wildman–Crippen MR) is 74.9 cm³/mol. The molecule has 0 spiro atoms. The minimum Gasteiger partial charge on any atom is -0.342 e. The van der Waals surface area contributed by atoms with Crippen LogP contribution in [0.15, 0.2) is 17.5 Å². The van der Waals surface area contributed by atoms with Crippen LogP contribution in [-0.4, -0.2) is 29.7 Å². The van der Waals surface area contributed by atoms with Crippen LogP contribution in [0.1, 0.15) is 36.4 Å². The van der Waals surface area contributed by atoms with Crippen LogP contribution in [0.3, 0.4) is 0 Å². The van der Waals surface area contributed by atoms with Crippen molar-refractivity contribution in [1.82, 2.24) is 4.90 Å². The van der Waals surface area contributed by atoms with E-state index in [1.807, 2.05) is 18.4 Å². The van der Waals surface area contributed by atoms with Gasteiger partial charge in [0.1, 0.15) is 0 Å². The zero-order valence-electron chi connectivity index (χ0n) is 11.3. The second kappa shape index (κ2) is 7.70. The fourth-order valence-corrected chi connectivity index (χ4v) is 2.41. The first-order valence-corrected chi connectivity index (χ1v) is 7.20. The molecule has 19 heavy (non-hydrogen) atoms. The van der Waals surface area contributed by atoms with E-state index in [0.717, 1.165) is 0 Å². The van der Waals surface area contributed by atoms with Gasteiger partial charge in [0.15, 0.2) is 5.78 Å². The number of nitrogens with zero attached hydrogens (tertiary/aromatic N) is 2. The Morgan fingerprint density at radius 3 is 2.74 bits per heavy atom. The van der Waals surface area contributed by atoms with Gasteiger partial charge in [0.25, 0.3) is 0 Å². The molecule has 0 aliphatic carbocycles. The molecule has 1 amide bonds. The van der Waals surface area contributed by atoms with Crippen LogP contribution < -0.4 is 0 Å². The summed E-state index contributed by atoms with van der Waals surface area (Å²) >= 11 is 1.39. The minimum atomic E-state index is -0.183. The van der Waals surface area contributed by atoms with Gasteiger partial charge in [-0.3, -0.25) is 9.59 Å². The first kappa shape index (κ1) is 15.4. The van der Waals surface area contributed by atoms with Crippen molar-refractivity contribution >= 4 is 23.0 Å². The molecule has 5 heteroatoms. The van der Waals surface area contributed by atoms with E-state index in [1.54, 1.807) is 17.9 Å². The largest absolute Gasteiger partial charge is 0.342 e. The SMILES string of the molecule is CCN(CC(C)C#N)C(=O)CCC(=O)c1cccs1. The standard InChI is InChI=1S/C14H18N2O2S/c1-3-16(10-11(2)9-15)14(18)7-6-12(17)13-5-4-8-19-13/h4-5,8,11H,3,6-7,10H2,1-2H3. The zero-order chi connectivity index (χ0) is 14.3. The number of carbonyl (C=O) groups is 2. The Balaban J connectivity index is 2.45. The van der Waals surface area contributed by atoms with E-state index >= 15 is 0 Å². The Bertz CT molecular complexity index is 462. The maximum atomic E-state index is 12.0. The lowest BCUT2D eigenvalue weighted by atomic mass is 10.1. The first-order chi connectivity index (χ1) is 9.08. The Labute approximate surface area is 117 Å². The number of hydrogen-bond donors (Lipinski definition) is 0. The Morgan fingerprint density at radius 1 is 1.47 bits per heavy atom. The summed E-state index contributed by atoms with van der Waals surface area (Å²) in [6.07, 6.45) is 0.444. The third-order valence-corrected chi connectivity index (χ3v) is 3.72. The molecule has 0 bridgehead atoms. The van der Waals surface area contributed by atoms with Gasteiger partial charge < -0.3 is 4.90 Å². The highest BCUT2D eigenvalue weighted by Gasteiger charge is 2.16. The van der Waals surface area contributed by atoms with E-state index in [2.05, 4.69) is 6.07 Å². The van der Waals surface area contributed by atoms with Crippen LogP contribution in [0.2, 0.25) is 0 Å². The molecule has 0 aliphatic heterocycles. The summed E-state index contributed by atoms with van der Waals surface area (Å²) in [5.41, 5.74) is 0. The van der Waals surface area contributed by atoms with Crippen molar-refractivity contribution in [3.63, 3.8) is 0 Å². The molecule has 1 rings (SSSR count). The second-order valence-electron chi connectivity index (χ2n) is 4.36. The minimum absolute atomic E-state index is 0.00716. The summed E-state index contributed by atoms with van der Waals surface area (Å²) in [6.45, 7) is 4.66. The van der Waals surface area contributed by atoms with Crippen LogP contribution in [0, 0.1) is 17.2 Å². The van der Waals surface area contributed by atoms with Gasteiger partial charge in [0.2, 0.25) is 5.91 Å². The van der Waals surface area contributed by atoms with Gasteiger partial charge in [-0.25, -0.2) is 0 Å². The number of amides is 1. The molecule has 0 radical (unpaired) electrons. The number of Topliss-reactive ketones (excluding diaryl/α,β-unsaturated/α-hetero) is 1. The Morgan fingerprint density at radius 2 is 2.21 bits per heavy atom. The van der Waals surface area contributed by atoms with Gasteiger partial charge >= 0.3 is 0 Å². The number of hydrogen-bond acceptors (Lipinski definition) is 4. The van der Waals surface area contributed by atoms with Gasteiger partial charge in [0, 0.05) is 25.9 Å². The average molecular weight is 278 g/mol.